The fourth-order valence-electron chi connectivity index (χ4n) is 4.52. The highest BCUT2D eigenvalue weighted by atomic mass is 32.1. The van der Waals surface area contributed by atoms with E-state index in [1.807, 2.05) is 22.4 Å². The number of hydrogen-bond acceptors (Lipinski definition) is 2. The average molecular weight is 356 g/mol. The van der Waals surface area contributed by atoms with Crippen LogP contribution in [0.2, 0.25) is 0 Å². The minimum Gasteiger partial charge on any atom is -0.330 e. The lowest BCUT2D eigenvalue weighted by molar-refractivity contribution is -0.930. The lowest BCUT2D eigenvalue weighted by atomic mass is 9.81. The van der Waals surface area contributed by atoms with Crippen molar-refractivity contribution >= 4 is 17.2 Å². The molecule has 2 aliphatic rings. The maximum Gasteiger partial charge on any atom is 0.264 e. The predicted molar refractivity (Wildman–Crippen MR) is 102 cm³/mol. The van der Waals surface area contributed by atoms with E-state index < -0.39 is 0 Å². The van der Waals surface area contributed by atoms with E-state index in [9.17, 15) is 4.79 Å². The minimum atomic E-state index is 0.224. The van der Waals surface area contributed by atoms with Crippen molar-refractivity contribution in [3.63, 3.8) is 0 Å². The number of carbonyl (C=O) groups is 1. The van der Waals surface area contributed by atoms with Gasteiger partial charge in [0.25, 0.3) is 5.91 Å². The number of rotatable bonds is 3. The van der Waals surface area contributed by atoms with Gasteiger partial charge in [-0.15, -0.1) is 11.3 Å². The molecule has 0 radical (unpaired) electrons. The molecule has 3 nitrogen and oxygen atoms in total. The first-order valence-corrected chi connectivity index (χ1v) is 10.4. The molecule has 1 saturated heterocycles. The number of nitrogens with zero attached hydrogens (tertiary/aromatic N) is 1. The fourth-order valence-corrected chi connectivity index (χ4v) is 5.21. The Morgan fingerprint density at radius 3 is 2.32 bits per heavy atom. The molecule has 4 rings (SSSR count). The highest BCUT2D eigenvalue weighted by Crippen LogP contribution is 2.31. The van der Waals surface area contributed by atoms with Crippen LogP contribution >= 0.6 is 11.3 Å². The van der Waals surface area contributed by atoms with Gasteiger partial charge in [0.1, 0.15) is 0 Å². The van der Waals surface area contributed by atoms with E-state index in [0.29, 0.717) is 0 Å². The normalized spacial score (nSPS) is 25.0. The van der Waals surface area contributed by atoms with Crippen molar-refractivity contribution in [2.24, 2.45) is 0 Å². The van der Waals surface area contributed by atoms with Crippen molar-refractivity contribution in [1.29, 1.82) is 0 Å². The molecule has 2 aromatic rings. The van der Waals surface area contributed by atoms with Crippen LogP contribution in [0.4, 0.5) is 0 Å². The molecule has 1 N–H and O–H groups in total. The van der Waals surface area contributed by atoms with Crippen LogP contribution in [-0.4, -0.2) is 43.0 Å². The van der Waals surface area contributed by atoms with Crippen LogP contribution in [0.15, 0.2) is 47.8 Å². The molecule has 2 fully saturated rings. The van der Waals surface area contributed by atoms with Crippen molar-refractivity contribution in [1.82, 2.24) is 4.90 Å². The second kappa shape index (κ2) is 7.71. The van der Waals surface area contributed by atoms with Crippen LogP contribution in [0.5, 0.6) is 0 Å². The third kappa shape index (κ3) is 3.80. The molecule has 0 unspecified atom stereocenters. The van der Waals surface area contributed by atoms with Crippen molar-refractivity contribution in [3.05, 3.63) is 58.3 Å². The van der Waals surface area contributed by atoms with Gasteiger partial charge in [0.2, 0.25) is 0 Å². The van der Waals surface area contributed by atoms with E-state index in [-0.39, 0.29) is 5.91 Å². The summed E-state index contributed by atoms with van der Waals surface area (Å²) in [6.07, 6.45) is 5.29. The topological polar surface area (TPSA) is 24.8 Å². The molecular formula is C21H27N2OS+. The Morgan fingerprint density at radius 1 is 0.960 bits per heavy atom. The molecule has 0 bridgehead atoms. The molecule has 4 heteroatoms. The average Bonchev–Trinajstić information content (AvgIpc) is 3.23. The van der Waals surface area contributed by atoms with E-state index in [1.54, 1.807) is 16.2 Å². The zero-order valence-corrected chi connectivity index (χ0v) is 15.5. The fraction of sp³-hybridized carbons (Fsp3) is 0.476. The first-order chi connectivity index (χ1) is 12.3. The van der Waals surface area contributed by atoms with Gasteiger partial charge in [0.15, 0.2) is 0 Å². The Hall–Kier alpha value is -1.65. The van der Waals surface area contributed by atoms with Gasteiger partial charge < -0.3 is 9.80 Å². The minimum absolute atomic E-state index is 0.224. The molecule has 1 aliphatic heterocycles. The molecule has 132 valence electrons. The Kier molecular flexibility index (Phi) is 5.18. The summed E-state index contributed by atoms with van der Waals surface area (Å²) in [5, 5.41) is 1.99. The van der Waals surface area contributed by atoms with Gasteiger partial charge >= 0.3 is 0 Å². The molecule has 2 heterocycles. The van der Waals surface area contributed by atoms with Crippen LogP contribution in [0.1, 0.15) is 46.8 Å². The van der Waals surface area contributed by atoms with E-state index >= 15 is 0 Å². The van der Waals surface area contributed by atoms with Crippen molar-refractivity contribution in [2.45, 2.75) is 37.6 Å². The maximum absolute atomic E-state index is 12.5. The Bertz CT molecular complexity index is 669. The van der Waals surface area contributed by atoms with E-state index in [2.05, 4.69) is 30.3 Å². The van der Waals surface area contributed by atoms with Crippen LogP contribution in [0, 0.1) is 0 Å². The number of carbonyl (C=O) groups excluding carboxylic acids is 1. The second-order valence-corrected chi connectivity index (χ2v) is 8.33. The predicted octanol–water partition coefficient (Wildman–Crippen LogP) is 2.82. The van der Waals surface area contributed by atoms with Crippen LogP contribution in [0.25, 0.3) is 0 Å². The lowest BCUT2D eigenvalue weighted by Gasteiger charge is -2.39. The number of nitrogens with one attached hydrogen (secondary N) is 1. The smallest absolute Gasteiger partial charge is 0.264 e. The molecule has 1 aromatic carbocycles. The van der Waals surface area contributed by atoms with E-state index in [0.717, 1.165) is 43.0 Å². The van der Waals surface area contributed by atoms with Gasteiger partial charge in [-0.2, -0.15) is 0 Å². The van der Waals surface area contributed by atoms with Crippen molar-refractivity contribution in [3.8, 4) is 0 Å². The van der Waals surface area contributed by atoms with Gasteiger partial charge in [-0.05, 0) is 48.6 Å². The molecule has 0 atom stereocenters. The second-order valence-electron chi connectivity index (χ2n) is 7.39. The number of thiophene rings is 1. The zero-order chi connectivity index (χ0) is 17.1. The summed E-state index contributed by atoms with van der Waals surface area (Å²) in [6, 6.07) is 15.7. The van der Waals surface area contributed by atoms with Gasteiger partial charge in [-0.1, -0.05) is 36.4 Å². The first kappa shape index (κ1) is 16.8. The summed E-state index contributed by atoms with van der Waals surface area (Å²) < 4.78 is 0. The molecule has 25 heavy (non-hydrogen) atoms. The highest BCUT2D eigenvalue weighted by molar-refractivity contribution is 7.12. The third-order valence-corrected chi connectivity index (χ3v) is 6.86. The molecular weight excluding hydrogens is 328 g/mol. The largest absolute Gasteiger partial charge is 0.330 e. The molecule has 1 aromatic heterocycles. The van der Waals surface area contributed by atoms with Crippen LogP contribution in [-0.2, 0) is 0 Å². The number of hydrogen-bond donors (Lipinski definition) is 1. The third-order valence-electron chi connectivity index (χ3n) is 6.00. The van der Waals surface area contributed by atoms with Crippen LogP contribution in [0.3, 0.4) is 0 Å². The summed E-state index contributed by atoms with van der Waals surface area (Å²) in [4.78, 5) is 17.1. The quantitative estimate of drug-likeness (QED) is 0.900. The van der Waals surface area contributed by atoms with Gasteiger partial charge in [0.05, 0.1) is 37.1 Å². The lowest BCUT2D eigenvalue weighted by Crippen LogP contribution is -3.18. The SMILES string of the molecule is O=C(c1cccs1)N1CC[NH+](C2CCC(c3ccccc3)CC2)CC1. The zero-order valence-electron chi connectivity index (χ0n) is 14.7. The molecule has 1 amide bonds. The molecule has 1 saturated carbocycles. The summed E-state index contributed by atoms with van der Waals surface area (Å²) in [7, 11) is 0. The summed E-state index contributed by atoms with van der Waals surface area (Å²) in [5.41, 5.74) is 1.52. The Morgan fingerprint density at radius 2 is 1.68 bits per heavy atom. The number of amides is 1. The number of quaternary nitrogens is 1. The summed E-state index contributed by atoms with van der Waals surface area (Å²) in [6.45, 7) is 4.03. The summed E-state index contributed by atoms with van der Waals surface area (Å²) >= 11 is 1.55. The number of piperazine rings is 1. The van der Waals surface area contributed by atoms with Crippen LogP contribution < -0.4 is 4.90 Å². The standard InChI is InChI=1S/C21H26N2OS/c24-21(20-7-4-16-25-20)23-14-12-22(13-15-23)19-10-8-18(9-11-19)17-5-2-1-3-6-17/h1-7,16,18-19H,8-15H2/p+1. The van der Waals surface area contributed by atoms with Gasteiger partial charge in [-0.25, -0.2) is 0 Å². The van der Waals surface area contributed by atoms with Gasteiger partial charge in [0, 0.05) is 0 Å². The highest BCUT2D eigenvalue weighted by Gasteiger charge is 2.33. The van der Waals surface area contributed by atoms with Crippen molar-refractivity contribution in [2.75, 3.05) is 26.2 Å². The van der Waals surface area contributed by atoms with Crippen molar-refractivity contribution < 1.29 is 9.69 Å². The van der Waals surface area contributed by atoms with E-state index in [4.69, 9.17) is 0 Å². The Balaban J connectivity index is 1.27. The molecule has 0 spiro atoms. The maximum atomic E-state index is 12.5. The Labute approximate surface area is 154 Å². The molecule has 1 aliphatic carbocycles. The van der Waals surface area contributed by atoms with E-state index in [1.165, 1.54) is 31.2 Å². The summed E-state index contributed by atoms with van der Waals surface area (Å²) in [5.74, 6) is 0.973. The first-order valence-electron chi connectivity index (χ1n) is 9.53. The monoisotopic (exact) mass is 355 g/mol. The number of benzene rings is 1. The van der Waals surface area contributed by atoms with Gasteiger partial charge in [-0.3, -0.25) is 4.79 Å².